The Morgan fingerprint density at radius 2 is 1.89 bits per heavy atom. The number of imidazole rings is 1. The van der Waals surface area contributed by atoms with E-state index in [9.17, 15) is 14.5 Å². The lowest BCUT2D eigenvalue weighted by molar-refractivity contribution is -0.392. The number of hydrogen-bond donors (Lipinski definition) is 0. The third-order valence-corrected chi connectivity index (χ3v) is 3.57. The molecular weight excluding hydrogens is 362 g/mol. The summed E-state index contributed by atoms with van der Waals surface area (Å²) in [6, 6.07) is 0. The standard InChI is InChI=1S/C15H23FN6O5/c1-13-17-10-15(22(23)24)21(13)4-7-27-12-14-11-20(19-18-14)3-6-26-9-8-25-5-2-16/h10-11H,2-9,12H2,1H3/i16-1. The Hall–Kier alpha value is -2.44. The van der Waals surface area contributed by atoms with E-state index in [0.717, 1.165) is 0 Å². The molecule has 2 aromatic rings. The van der Waals surface area contributed by atoms with Gasteiger partial charge in [0.05, 0.1) is 52.4 Å². The lowest BCUT2D eigenvalue weighted by Crippen LogP contribution is -2.11. The molecule has 0 aromatic carbocycles. The number of ether oxygens (including phenoxy) is 3. The van der Waals surface area contributed by atoms with Crippen LogP contribution in [0.1, 0.15) is 11.5 Å². The average Bonchev–Trinajstić information content (AvgIpc) is 3.24. The maximum Gasteiger partial charge on any atom is 0.342 e. The van der Waals surface area contributed by atoms with Gasteiger partial charge in [-0.15, -0.1) is 5.10 Å². The highest BCUT2D eigenvalue weighted by molar-refractivity contribution is 5.18. The van der Waals surface area contributed by atoms with Crippen molar-refractivity contribution in [2.75, 3.05) is 39.7 Å². The minimum Gasteiger partial charge on any atom is -0.377 e. The molecular formula is C15H23FN6O5. The molecule has 0 bridgehead atoms. The fourth-order valence-corrected chi connectivity index (χ4v) is 2.26. The predicted molar refractivity (Wildman–Crippen MR) is 90.9 cm³/mol. The lowest BCUT2D eigenvalue weighted by Gasteiger charge is -2.04. The molecule has 0 unspecified atom stereocenters. The van der Waals surface area contributed by atoms with Crippen molar-refractivity contribution in [3.8, 4) is 0 Å². The van der Waals surface area contributed by atoms with Crippen molar-refractivity contribution in [1.29, 1.82) is 0 Å². The van der Waals surface area contributed by atoms with Gasteiger partial charge in [-0.3, -0.25) is 0 Å². The van der Waals surface area contributed by atoms with E-state index < -0.39 is 11.6 Å². The van der Waals surface area contributed by atoms with Gasteiger partial charge in [-0.05, 0) is 4.92 Å². The zero-order valence-electron chi connectivity index (χ0n) is 15.1. The van der Waals surface area contributed by atoms with Gasteiger partial charge in [0, 0.05) is 6.92 Å². The molecule has 0 amide bonds. The number of nitro groups is 1. The monoisotopic (exact) mass is 385 g/mol. The van der Waals surface area contributed by atoms with E-state index >= 15 is 0 Å². The van der Waals surface area contributed by atoms with Crippen LogP contribution in [0.2, 0.25) is 0 Å². The first kappa shape index (κ1) is 20.9. The molecule has 150 valence electrons. The molecule has 0 aliphatic carbocycles. The van der Waals surface area contributed by atoms with Gasteiger partial charge in [-0.1, -0.05) is 5.21 Å². The van der Waals surface area contributed by atoms with E-state index in [0.29, 0.717) is 44.4 Å². The van der Waals surface area contributed by atoms with E-state index in [-0.39, 0.29) is 25.6 Å². The van der Waals surface area contributed by atoms with Gasteiger partial charge in [0.2, 0.25) is 0 Å². The van der Waals surface area contributed by atoms with Gasteiger partial charge < -0.3 is 24.3 Å². The summed E-state index contributed by atoms with van der Waals surface area (Å²) in [5.74, 6) is 0.503. The molecule has 0 spiro atoms. The maximum atomic E-state index is 11.8. The minimum atomic E-state index is -0.497. The van der Waals surface area contributed by atoms with Crippen LogP contribution in [-0.4, -0.2) is 69.2 Å². The summed E-state index contributed by atoms with van der Waals surface area (Å²) in [5, 5.41) is 18.9. The minimum absolute atomic E-state index is 0.0582. The third-order valence-electron chi connectivity index (χ3n) is 3.57. The number of alkyl halides is 1. The summed E-state index contributed by atoms with van der Waals surface area (Å²) in [6.07, 6.45) is 2.98. The average molecular weight is 385 g/mol. The smallest absolute Gasteiger partial charge is 0.342 e. The first-order valence-corrected chi connectivity index (χ1v) is 8.46. The molecule has 0 aliphatic rings. The van der Waals surface area contributed by atoms with Crippen LogP contribution in [0.3, 0.4) is 0 Å². The van der Waals surface area contributed by atoms with Crippen molar-refractivity contribution in [3.63, 3.8) is 0 Å². The highest BCUT2D eigenvalue weighted by Crippen LogP contribution is 2.13. The van der Waals surface area contributed by atoms with Crippen molar-refractivity contribution in [1.82, 2.24) is 24.5 Å². The third kappa shape index (κ3) is 7.00. The van der Waals surface area contributed by atoms with Crippen LogP contribution >= 0.6 is 0 Å². The number of halogens is 1. The van der Waals surface area contributed by atoms with Crippen molar-refractivity contribution in [2.45, 2.75) is 26.6 Å². The van der Waals surface area contributed by atoms with E-state index in [2.05, 4.69) is 15.3 Å². The van der Waals surface area contributed by atoms with E-state index in [1.54, 1.807) is 17.8 Å². The first-order valence-electron chi connectivity index (χ1n) is 8.46. The van der Waals surface area contributed by atoms with Gasteiger partial charge in [-0.2, -0.15) is 0 Å². The molecule has 0 saturated carbocycles. The zero-order valence-corrected chi connectivity index (χ0v) is 15.1. The van der Waals surface area contributed by atoms with E-state index in [1.807, 2.05) is 0 Å². The molecule has 0 fully saturated rings. The van der Waals surface area contributed by atoms with Gasteiger partial charge in [0.15, 0.2) is 5.82 Å². The second-order valence-electron chi connectivity index (χ2n) is 5.51. The molecule has 11 nitrogen and oxygen atoms in total. The van der Waals surface area contributed by atoms with Crippen molar-refractivity contribution in [3.05, 3.63) is 34.0 Å². The molecule has 0 atom stereocenters. The first-order chi connectivity index (χ1) is 13.1. The Morgan fingerprint density at radius 1 is 1.15 bits per heavy atom. The predicted octanol–water partition coefficient (Wildman–Crippen LogP) is 0.911. The molecule has 2 heterocycles. The summed E-state index contributed by atoms with van der Waals surface area (Å²) in [4.78, 5) is 14.4. The van der Waals surface area contributed by atoms with Crippen LogP contribution < -0.4 is 0 Å². The van der Waals surface area contributed by atoms with Crippen LogP contribution in [0.5, 0.6) is 0 Å². The number of rotatable bonds is 14. The van der Waals surface area contributed by atoms with Crippen molar-refractivity contribution < 1.29 is 23.5 Å². The Morgan fingerprint density at radius 3 is 2.63 bits per heavy atom. The van der Waals surface area contributed by atoms with E-state index in [4.69, 9.17) is 14.2 Å². The maximum absolute atomic E-state index is 11.8. The van der Waals surface area contributed by atoms with Crippen LogP contribution in [0, 0.1) is 17.0 Å². The molecule has 2 aromatic heterocycles. The van der Waals surface area contributed by atoms with Gasteiger partial charge >= 0.3 is 5.82 Å². The zero-order chi connectivity index (χ0) is 19.5. The second-order valence-corrected chi connectivity index (χ2v) is 5.51. The summed E-state index contributed by atoms with van der Waals surface area (Å²) in [6.45, 7) is 3.86. The summed E-state index contributed by atoms with van der Waals surface area (Å²) in [5.41, 5.74) is 0.651. The summed E-state index contributed by atoms with van der Waals surface area (Å²) in [7, 11) is 0. The van der Waals surface area contributed by atoms with Crippen LogP contribution in [0.4, 0.5) is 10.2 Å². The van der Waals surface area contributed by atoms with Crippen LogP contribution in [0.15, 0.2) is 12.4 Å². The Labute approximate surface area is 155 Å². The Balaban J connectivity index is 1.62. The molecule has 0 aliphatic heterocycles. The van der Waals surface area contributed by atoms with Crippen molar-refractivity contribution in [2.24, 2.45) is 0 Å². The largest absolute Gasteiger partial charge is 0.377 e. The topological polar surface area (TPSA) is 119 Å². The van der Waals surface area contributed by atoms with Gasteiger partial charge in [0.25, 0.3) is 0 Å². The highest BCUT2D eigenvalue weighted by Gasteiger charge is 2.16. The fourth-order valence-electron chi connectivity index (χ4n) is 2.26. The highest BCUT2D eigenvalue weighted by atomic mass is 18.2. The molecule has 2 rings (SSSR count). The molecule has 27 heavy (non-hydrogen) atoms. The molecule has 0 saturated heterocycles. The Bertz CT molecular complexity index is 707. The lowest BCUT2D eigenvalue weighted by atomic mass is 10.5. The summed E-state index contributed by atoms with van der Waals surface area (Å²) < 4.78 is 30.7. The van der Waals surface area contributed by atoms with Crippen molar-refractivity contribution >= 4 is 5.82 Å². The number of aryl methyl sites for hydroxylation is 1. The molecule has 0 radical (unpaired) electrons. The Kier molecular flexibility index (Phi) is 8.74. The number of hydrogen-bond acceptors (Lipinski definition) is 8. The SMILES string of the molecule is Cc1ncc([N+](=O)[O-])n1CCOCc1cn(CCOCCOCC[18F])nn1. The molecule has 12 heteroatoms. The summed E-state index contributed by atoms with van der Waals surface area (Å²) >= 11 is 0. The molecule has 0 N–H and O–H groups in total. The second kappa shape index (κ2) is 11.3. The van der Waals surface area contributed by atoms with Crippen LogP contribution in [-0.2, 0) is 33.9 Å². The van der Waals surface area contributed by atoms with Gasteiger partial charge in [-0.25, -0.2) is 18.6 Å². The number of aromatic nitrogens is 5. The quantitative estimate of drug-likeness (QED) is 0.267. The van der Waals surface area contributed by atoms with Crippen LogP contribution in [0.25, 0.3) is 0 Å². The van der Waals surface area contributed by atoms with Gasteiger partial charge in [0.1, 0.15) is 25.1 Å². The number of nitrogens with zero attached hydrogens (tertiary/aromatic N) is 6. The fraction of sp³-hybridized carbons (Fsp3) is 0.667. The normalized spacial score (nSPS) is 11.2. The van der Waals surface area contributed by atoms with E-state index in [1.165, 1.54) is 10.8 Å².